The van der Waals surface area contributed by atoms with E-state index in [1.807, 2.05) is 19.3 Å². The van der Waals surface area contributed by atoms with E-state index in [2.05, 4.69) is 37.6 Å². The molecule has 21 heavy (non-hydrogen) atoms. The Morgan fingerprint density at radius 2 is 2.10 bits per heavy atom. The minimum Gasteiger partial charge on any atom is -0.385 e. The topological polar surface area (TPSA) is 56.9 Å². The second-order valence-electron chi connectivity index (χ2n) is 5.22. The molecule has 0 aliphatic heterocycles. The van der Waals surface area contributed by atoms with E-state index in [0.717, 1.165) is 50.7 Å². The lowest BCUT2D eigenvalue weighted by atomic mass is 10.4. The summed E-state index contributed by atoms with van der Waals surface area (Å²) in [5.74, 6) is 0.930. The molecule has 2 rings (SSSR count). The van der Waals surface area contributed by atoms with Gasteiger partial charge in [-0.25, -0.2) is 4.98 Å². The zero-order valence-electron chi connectivity index (χ0n) is 13.2. The fourth-order valence-electron chi connectivity index (χ4n) is 2.37. The maximum Gasteiger partial charge on any atom is 0.202 e. The molecule has 116 valence electrons. The van der Waals surface area contributed by atoms with Crippen molar-refractivity contribution in [2.75, 3.05) is 25.6 Å². The molecule has 0 fully saturated rings. The lowest BCUT2D eigenvalue weighted by molar-refractivity contribution is 0.197. The molecule has 0 saturated heterocycles. The van der Waals surface area contributed by atoms with Crippen LogP contribution < -0.4 is 5.32 Å². The number of nitrogens with one attached hydrogen (secondary N) is 1. The highest BCUT2D eigenvalue weighted by Crippen LogP contribution is 2.08. The molecule has 0 atom stereocenters. The molecule has 6 heteroatoms. The van der Waals surface area contributed by atoms with Gasteiger partial charge in [-0.3, -0.25) is 4.68 Å². The van der Waals surface area contributed by atoms with E-state index in [9.17, 15) is 0 Å². The maximum absolute atomic E-state index is 5.04. The quantitative estimate of drug-likeness (QED) is 0.720. The number of hydrogen-bond donors (Lipinski definition) is 1. The molecule has 0 bridgehead atoms. The van der Waals surface area contributed by atoms with E-state index in [1.165, 1.54) is 5.69 Å². The number of rotatable bonds is 9. The molecule has 0 saturated carbocycles. The highest BCUT2D eigenvalue weighted by atomic mass is 16.5. The average molecular weight is 291 g/mol. The summed E-state index contributed by atoms with van der Waals surface area (Å²) in [7, 11) is 1.72. The Labute approximate surface area is 126 Å². The lowest BCUT2D eigenvalue weighted by Crippen LogP contribution is -2.12. The number of anilines is 1. The molecule has 0 spiro atoms. The van der Waals surface area contributed by atoms with Crippen LogP contribution >= 0.6 is 0 Å². The van der Waals surface area contributed by atoms with Gasteiger partial charge < -0.3 is 14.6 Å². The van der Waals surface area contributed by atoms with Crippen molar-refractivity contribution >= 4 is 5.95 Å². The summed E-state index contributed by atoms with van der Waals surface area (Å²) >= 11 is 0. The SMILES string of the molecule is COCCCNc1nccn1CCCn1nc(C)cc1C. The third-order valence-electron chi connectivity index (χ3n) is 3.40. The summed E-state index contributed by atoms with van der Waals surface area (Å²) in [6.07, 6.45) is 5.86. The number of aromatic nitrogens is 4. The van der Waals surface area contributed by atoms with Crippen LogP contribution in [0.25, 0.3) is 0 Å². The van der Waals surface area contributed by atoms with Crippen molar-refractivity contribution in [1.29, 1.82) is 0 Å². The van der Waals surface area contributed by atoms with Crippen molar-refractivity contribution in [3.63, 3.8) is 0 Å². The molecule has 2 aromatic heterocycles. The summed E-state index contributed by atoms with van der Waals surface area (Å²) in [6, 6.07) is 2.11. The predicted molar refractivity (Wildman–Crippen MR) is 83.5 cm³/mol. The first-order valence-corrected chi connectivity index (χ1v) is 7.45. The molecule has 0 radical (unpaired) electrons. The van der Waals surface area contributed by atoms with Gasteiger partial charge in [0.1, 0.15) is 0 Å². The first-order valence-electron chi connectivity index (χ1n) is 7.45. The van der Waals surface area contributed by atoms with Crippen LogP contribution in [0.3, 0.4) is 0 Å². The number of nitrogens with zero attached hydrogens (tertiary/aromatic N) is 4. The number of ether oxygens (including phenoxy) is 1. The van der Waals surface area contributed by atoms with Gasteiger partial charge in [-0.15, -0.1) is 0 Å². The fourth-order valence-corrected chi connectivity index (χ4v) is 2.37. The molecule has 2 heterocycles. The second kappa shape index (κ2) is 7.83. The van der Waals surface area contributed by atoms with Gasteiger partial charge in [0.15, 0.2) is 0 Å². The van der Waals surface area contributed by atoms with Crippen LogP contribution in [0.4, 0.5) is 5.95 Å². The number of hydrogen-bond acceptors (Lipinski definition) is 4. The minimum atomic E-state index is 0.769. The molecular weight excluding hydrogens is 266 g/mol. The molecule has 0 unspecified atom stereocenters. The van der Waals surface area contributed by atoms with Gasteiger partial charge in [-0.05, 0) is 32.8 Å². The second-order valence-corrected chi connectivity index (χ2v) is 5.22. The normalized spacial score (nSPS) is 11.0. The highest BCUT2D eigenvalue weighted by molar-refractivity contribution is 5.25. The molecule has 0 aromatic carbocycles. The molecule has 1 N–H and O–H groups in total. The molecule has 2 aromatic rings. The van der Waals surface area contributed by atoms with E-state index < -0.39 is 0 Å². The van der Waals surface area contributed by atoms with E-state index in [0.29, 0.717) is 0 Å². The number of aryl methyl sites for hydroxylation is 4. The first kappa shape index (κ1) is 15.6. The van der Waals surface area contributed by atoms with Gasteiger partial charge in [0.2, 0.25) is 5.95 Å². The van der Waals surface area contributed by atoms with Crippen LogP contribution in [0, 0.1) is 13.8 Å². The van der Waals surface area contributed by atoms with E-state index in [-0.39, 0.29) is 0 Å². The van der Waals surface area contributed by atoms with Gasteiger partial charge in [0.05, 0.1) is 5.69 Å². The van der Waals surface area contributed by atoms with Crippen LogP contribution in [0.1, 0.15) is 24.2 Å². The summed E-state index contributed by atoms with van der Waals surface area (Å²) < 4.78 is 9.26. The zero-order chi connectivity index (χ0) is 15.1. The summed E-state index contributed by atoms with van der Waals surface area (Å²) in [5, 5.41) is 7.83. The van der Waals surface area contributed by atoms with Crippen molar-refractivity contribution in [3.8, 4) is 0 Å². The monoisotopic (exact) mass is 291 g/mol. The Morgan fingerprint density at radius 1 is 1.24 bits per heavy atom. The smallest absolute Gasteiger partial charge is 0.202 e. The average Bonchev–Trinajstić information content (AvgIpc) is 3.02. The van der Waals surface area contributed by atoms with Gasteiger partial charge in [-0.1, -0.05) is 0 Å². The Bertz CT molecular complexity index is 546. The van der Waals surface area contributed by atoms with Gasteiger partial charge in [0, 0.05) is 51.4 Å². The molecule has 0 amide bonds. The molecular formula is C15H25N5O. The Kier molecular flexibility index (Phi) is 5.80. The third-order valence-corrected chi connectivity index (χ3v) is 3.40. The lowest BCUT2D eigenvalue weighted by Gasteiger charge is -2.10. The first-order chi connectivity index (χ1) is 10.2. The number of methoxy groups -OCH3 is 1. The third kappa shape index (κ3) is 4.60. The van der Waals surface area contributed by atoms with Gasteiger partial charge in [0.25, 0.3) is 0 Å². The van der Waals surface area contributed by atoms with E-state index >= 15 is 0 Å². The maximum atomic E-state index is 5.04. The van der Waals surface area contributed by atoms with Crippen LogP contribution in [-0.4, -0.2) is 39.6 Å². The minimum absolute atomic E-state index is 0.769. The molecule has 0 aliphatic rings. The number of imidazole rings is 1. The Hall–Kier alpha value is -1.82. The highest BCUT2D eigenvalue weighted by Gasteiger charge is 2.04. The van der Waals surface area contributed by atoms with Gasteiger partial charge >= 0.3 is 0 Å². The van der Waals surface area contributed by atoms with Crippen LogP contribution in [0.2, 0.25) is 0 Å². The van der Waals surface area contributed by atoms with Crippen molar-refractivity contribution in [1.82, 2.24) is 19.3 Å². The van der Waals surface area contributed by atoms with Gasteiger partial charge in [-0.2, -0.15) is 5.10 Å². The van der Waals surface area contributed by atoms with Crippen molar-refractivity contribution in [2.45, 2.75) is 39.8 Å². The van der Waals surface area contributed by atoms with Crippen LogP contribution in [0.5, 0.6) is 0 Å². The van der Waals surface area contributed by atoms with Crippen LogP contribution in [0.15, 0.2) is 18.5 Å². The largest absolute Gasteiger partial charge is 0.385 e. The summed E-state index contributed by atoms with van der Waals surface area (Å²) in [4.78, 5) is 4.35. The molecule has 0 aliphatic carbocycles. The fraction of sp³-hybridized carbons (Fsp3) is 0.600. The van der Waals surface area contributed by atoms with Crippen LogP contribution in [-0.2, 0) is 17.8 Å². The van der Waals surface area contributed by atoms with Crippen molar-refractivity contribution < 1.29 is 4.74 Å². The Balaban J connectivity index is 1.78. The van der Waals surface area contributed by atoms with E-state index in [1.54, 1.807) is 7.11 Å². The van der Waals surface area contributed by atoms with Crippen molar-refractivity contribution in [3.05, 3.63) is 29.8 Å². The Morgan fingerprint density at radius 3 is 2.81 bits per heavy atom. The van der Waals surface area contributed by atoms with E-state index in [4.69, 9.17) is 4.74 Å². The summed E-state index contributed by atoms with van der Waals surface area (Å²) in [6.45, 7) is 7.64. The zero-order valence-corrected chi connectivity index (χ0v) is 13.2. The molecule has 6 nitrogen and oxygen atoms in total. The standard InChI is InChI=1S/C15H25N5O/c1-13-12-14(2)20(18-13)9-5-8-19-10-7-17-15(19)16-6-4-11-21-3/h7,10,12H,4-6,8-9,11H2,1-3H3,(H,16,17). The predicted octanol–water partition coefficient (Wildman–Crippen LogP) is 2.24. The van der Waals surface area contributed by atoms with Crippen molar-refractivity contribution in [2.24, 2.45) is 0 Å². The summed E-state index contributed by atoms with van der Waals surface area (Å²) in [5.41, 5.74) is 2.30.